The first-order valence-corrected chi connectivity index (χ1v) is 10.1. The Morgan fingerprint density at radius 1 is 1.16 bits per heavy atom. The molecular formula is C24H28F5N3. The first kappa shape index (κ1) is 25.5. The van der Waals surface area contributed by atoms with Crippen LogP contribution in [0.25, 0.3) is 5.57 Å². The number of hydrogen-bond donors (Lipinski definition) is 2. The maximum atomic E-state index is 13.9. The molecule has 32 heavy (non-hydrogen) atoms. The number of halogens is 5. The molecule has 2 N–H and O–H groups in total. The summed E-state index contributed by atoms with van der Waals surface area (Å²) in [7, 11) is 3.52. The topological polar surface area (TPSA) is 27.3 Å². The van der Waals surface area contributed by atoms with Crippen molar-refractivity contribution in [3.8, 4) is 0 Å². The van der Waals surface area contributed by atoms with Crippen molar-refractivity contribution in [2.75, 3.05) is 32.5 Å². The van der Waals surface area contributed by atoms with Gasteiger partial charge in [-0.3, -0.25) is 0 Å². The van der Waals surface area contributed by atoms with Crippen LogP contribution < -0.4 is 10.6 Å². The zero-order valence-corrected chi connectivity index (χ0v) is 18.4. The van der Waals surface area contributed by atoms with Gasteiger partial charge < -0.3 is 15.5 Å². The van der Waals surface area contributed by atoms with Gasteiger partial charge in [-0.15, -0.1) is 0 Å². The molecule has 0 amide bonds. The first-order chi connectivity index (χ1) is 15.0. The van der Waals surface area contributed by atoms with Gasteiger partial charge in [-0.25, -0.2) is 8.78 Å². The number of benzene rings is 2. The first-order valence-electron chi connectivity index (χ1n) is 10.1. The van der Waals surface area contributed by atoms with E-state index >= 15 is 0 Å². The Morgan fingerprint density at radius 3 is 2.53 bits per heavy atom. The van der Waals surface area contributed by atoms with E-state index in [2.05, 4.69) is 17.2 Å². The van der Waals surface area contributed by atoms with E-state index in [1.807, 2.05) is 11.0 Å². The zero-order chi connectivity index (χ0) is 23.9. The SMILES string of the molecule is C=C(CCN(C)Cc1cccc(F)c1F)Nc1ccc(C(F)(F)F)cc1C(C)=CCNC. The predicted octanol–water partition coefficient (Wildman–Crippen LogP) is 6.05. The molecule has 0 unspecified atom stereocenters. The molecule has 2 aromatic carbocycles. The van der Waals surface area contributed by atoms with Gasteiger partial charge in [-0.2, -0.15) is 13.2 Å². The van der Waals surface area contributed by atoms with E-state index in [9.17, 15) is 22.0 Å². The Bertz CT molecular complexity index is 967. The maximum absolute atomic E-state index is 13.9. The standard InChI is InChI=1S/C24H28F5N3/c1-16(10-12-30-3)20-14-19(24(27,28)29)8-9-22(20)31-17(2)11-13-32(4)15-18-6-5-7-21(25)23(18)26/h5-10,14,30-31H,2,11-13,15H2,1,3-4H3. The zero-order valence-electron chi connectivity index (χ0n) is 18.4. The number of alkyl halides is 3. The van der Waals surface area contributed by atoms with Gasteiger partial charge in [0.1, 0.15) is 0 Å². The molecule has 0 bridgehead atoms. The molecule has 0 fully saturated rings. The largest absolute Gasteiger partial charge is 0.416 e. The van der Waals surface area contributed by atoms with E-state index in [0.717, 1.165) is 18.2 Å². The van der Waals surface area contributed by atoms with Crippen LogP contribution in [0.2, 0.25) is 0 Å². The van der Waals surface area contributed by atoms with Gasteiger partial charge in [0.25, 0.3) is 0 Å². The van der Waals surface area contributed by atoms with Crippen LogP contribution in [0, 0.1) is 11.6 Å². The molecule has 174 valence electrons. The summed E-state index contributed by atoms with van der Waals surface area (Å²) < 4.78 is 66.8. The van der Waals surface area contributed by atoms with Gasteiger partial charge in [-0.1, -0.05) is 24.8 Å². The van der Waals surface area contributed by atoms with Crippen molar-refractivity contribution in [1.82, 2.24) is 10.2 Å². The molecule has 0 heterocycles. The van der Waals surface area contributed by atoms with Crippen LogP contribution in [0.15, 0.2) is 54.8 Å². The monoisotopic (exact) mass is 453 g/mol. The highest BCUT2D eigenvalue weighted by Crippen LogP contribution is 2.34. The van der Waals surface area contributed by atoms with Crippen molar-refractivity contribution in [1.29, 1.82) is 0 Å². The van der Waals surface area contributed by atoms with Gasteiger partial charge >= 0.3 is 6.18 Å². The normalized spacial score (nSPS) is 12.3. The van der Waals surface area contributed by atoms with Crippen LogP contribution in [0.5, 0.6) is 0 Å². The quantitative estimate of drug-likeness (QED) is 0.429. The molecule has 0 aromatic heterocycles. The Balaban J connectivity index is 2.08. The van der Waals surface area contributed by atoms with Crippen molar-refractivity contribution < 1.29 is 22.0 Å². The van der Waals surface area contributed by atoms with Crippen LogP contribution >= 0.6 is 0 Å². The third-order valence-corrected chi connectivity index (χ3v) is 4.96. The van der Waals surface area contributed by atoms with Crippen molar-refractivity contribution in [3.63, 3.8) is 0 Å². The summed E-state index contributed by atoms with van der Waals surface area (Å²) in [5.41, 5.74) is 1.77. The minimum absolute atomic E-state index is 0.217. The van der Waals surface area contributed by atoms with Crippen LogP contribution in [0.3, 0.4) is 0 Å². The summed E-state index contributed by atoms with van der Waals surface area (Å²) in [5.74, 6) is -1.76. The number of likely N-dealkylation sites (N-methyl/N-ethyl adjacent to an activating group) is 1. The summed E-state index contributed by atoms with van der Waals surface area (Å²) in [6.45, 7) is 6.95. The second kappa shape index (κ2) is 11.2. The van der Waals surface area contributed by atoms with E-state index < -0.39 is 23.4 Å². The highest BCUT2D eigenvalue weighted by Gasteiger charge is 2.31. The molecule has 0 spiro atoms. The number of allylic oxidation sites excluding steroid dienone is 1. The van der Waals surface area contributed by atoms with Crippen LogP contribution in [-0.4, -0.2) is 32.1 Å². The molecule has 0 radical (unpaired) electrons. The molecule has 3 nitrogen and oxygen atoms in total. The molecule has 0 saturated heterocycles. The number of rotatable bonds is 10. The number of anilines is 1. The summed E-state index contributed by atoms with van der Waals surface area (Å²) in [6, 6.07) is 7.60. The summed E-state index contributed by atoms with van der Waals surface area (Å²) in [4.78, 5) is 1.82. The minimum atomic E-state index is -4.44. The van der Waals surface area contributed by atoms with E-state index in [4.69, 9.17) is 0 Å². The summed E-state index contributed by atoms with van der Waals surface area (Å²) >= 11 is 0. The average Bonchev–Trinajstić information content (AvgIpc) is 2.73. The predicted molar refractivity (Wildman–Crippen MR) is 119 cm³/mol. The third-order valence-electron chi connectivity index (χ3n) is 4.96. The Morgan fingerprint density at radius 2 is 1.88 bits per heavy atom. The Labute approximate surface area is 185 Å². The third kappa shape index (κ3) is 7.17. The van der Waals surface area contributed by atoms with Crippen LogP contribution in [0.4, 0.5) is 27.6 Å². The lowest BCUT2D eigenvalue weighted by Gasteiger charge is -2.20. The van der Waals surface area contributed by atoms with Gasteiger partial charge in [0.2, 0.25) is 0 Å². The lowest BCUT2D eigenvalue weighted by molar-refractivity contribution is -0.137. The van der Waals surface area contributed by atoms with Crippen molar-refractivity contribution in [3.05, 3.63) is 83.1 Å². The van der Waals surface area contributed by atoms with Crippen molar-refractivity contribution in [2.45, 2.75) is 26.1 Å². The Kier molecular flexibility index (Phi) is 8.98. The minimum Gasteiger partial charge on any atom is -0.359 e. The lowest BCUT2D eigenvalue weighted by Crippen LogP contribution is -2.21. The van der Waals surface area contributed by atoms with Crippen LogP contribution in [-0.2, 0) is 12.7 Å². The molecule has 0 atom stereocenters. The van der Waals surface area contributed by atoms with Gasteiger partial charge in [0.05, 0.1) is 5.56 Å². The molecule has 0 saturated carbocycles. The van der Waals surface area contributed by atoms with E-state index in [1.165, 1.54) is 18.2 Å². The molecular weight excluding hydrogens is 425 g/mol. The molecule has 8 heteroatoms. The van der Waals surface area contributed by atoms with Crippen molar-refractivity contribution in [2.24, 2.45) is 0 Å². The van der Waals surface area contributed by atoms with E-state index in [0.29, 0.717) is 42.0 Å². The molecule has 0 aliphatic heterocycles. The second-order valence-corrected chi connectivity index (χ2v) is 7.63. The fourth-order valence-corrected chi connectivity index (χ4v) is 3.14. The van der Waals surface area contributed by atoms with Crippen LogP contribution in [0.1, 0.15) is 30.0 Å². The summed E-state index contributed by atoms with van der Waals surface area (Å²) in [6.07, 6.45) is -2.17. The van der Waals surface area contributed by atoms with Crippen molar-refractivity contribution >= 4 is 11.3 Å². The van der Waals surface area contributed by atoms with Gasteiger partial charge in [0, 0.05) is 42.1 Å². The number of hydrogen-bond acceptors (Lipinski definition) is 3. The number of nitrogens with zero attached hydrogens (tertiary/aromatic N) is 1. The Hall–Kier alpha value is -2.71. The van der Waals surface area contributed by atoms with E-state index in [-0.39, 0.29) is 12.1 Å². The molecule has 0 aliphatic carbocycles. The average molecular weight is 453 g/mol. The smallest absolute Gasteiger partial charge is 0.359 e. The van der Waals surface area contributed by atoms with E-state index in [1.54, 1.807) is 21.0 Å². The molecule has 2 rings (SSSR count). The fraction of sp³-hybridized carbons (Fsp3) is 0.333. The molecule has 0 aliphatic rings. The summed E-state index contributed by atoms with van der Waals surface area (Å²) in [5, 5.41) is 6.04. The fourth-order valence-electron chi connectivity index (χ4n) is 3.14. The highest BCUT2D eigenvalue weighted by molar-refractivity contribution is 5.77. The number of nitrogens with one attached hydrogen (secondary N) is 2. The maximum Gasteiger partial charge on any atom is 0.416 e. The van der Waals surface area contributed by atoms with Gasteiger partial charge in [0.15, 0.2) is 11.6 Å². The molecule has 2 aromatic rings. The lowest BCUT2D eigenvalue weighted by atomic mass is 10.0. The second-order valence-electron chi connectivity index (χ2n) is 7.63. The van der Waals surface area contributed by atoms with Gasteiger partial charge in [-0.05, 0) is 57.3 Å². The highest BCUT2D eigenvalue weighted by atomic mass is 19.4.